The molecule has 11 aromatic rings. The molecule has 3 aromatic carbocycles. The summed E-state index contributed by atoms with van der Waals surface area (Å²) in [5, 5.41) is 22.3. The molecule has 12 heterocycles. The number of nitrogens with two attached hydrogens (primary N) is 4. The highest BCUT2D eigenvalue weighted by molar-refractivity contribution is 14.1. The van der Waals surface area contributed by atoms with E-state index in [9.17, 15) is 9.59 Å². The Bertz CT molecular complexity index is 5040. The fraction of sp³-hybridized carbons (Fsp3) is 0.506. The topological polar surface area (TPSA) is 345 Å². The van der Waals surface area contributed by atoms with Gasteiger partial charge in [0.1, 0.15) is 64.1 Å². The molecular weight excluding hydrogens is 1610 g/mol. The lowest BCUT2D eigenvalue weighted by atomic mass is 9.79. The van der Waals surface area contributed by atoms with Crippen LogP contribution >= 0.6 is 45.3 Å². The van der Waals surface area contributed by atoms with Gasteiger partial charge in [0, 0.05) is 148 Å². The smallest absolute Gasteiger partial charge is 0.399 e. The maximum absolute atomic E-state index is 11.0. The quantitative estimate of drug-likeness (QED) is 0.0383. The summed E-state index contributed by atoms with van der Waals surface area (Å²) in [6, 6.07) is 26.3. The molecule has 0 atom stereocenters. The molecule has 0 amide bonds. The van der Waals surface area contributed by atoms with Gasteiger partial charge < -0.3 is 52.3 Å². The van der Waals surface area contributed by atoms with Crippen LogP contribution in [0, 0.1) is 17.5 Å². The highest BCUT2D eigenvalue weighted by atomic mass is 127. The molecule has 0 unspecified atom stereocenters. The monoisotopic (exact) mass is 1720 g/mol. The third-order valence-electron chi connectivity index (χ3n) is 24.6. The molecule has 4 saturated heterocycles. The molecule has 9 N–H and O–H groups in total. The van der Waals surface area contributed by atoms with E-state index in [2.05, 4.69) is 164 Å². The van der Waals surface area contributed by atoms with Crippen LogP contribution in [0.2, 0.25) is 0 Å². The van der Waals surface area contributed by atoms with Gasteiger partial charge in [-0.1, -0.05) is 72.8 Å². The highest BCUT2D eigenvalue weighted by Crippen LogP contribution is 2.42. The molecule has 29 nitrogen and oxygen atoms in total. The Kier molecular flexibility index (Phi) is 27.1. The Balaban J connectivity index is 0.000000128. The fourth-order valence-corrected chi connectivity index (χ4v) is 18.8. The SMILES string of the molecule is CC1(C)OB(c2ccc(C=O)cc2)OC1(C)C.CN1CCN(C2CCC(n3nc(-c4ccc(C=O)cc4)c4c(N)ncnc43)CC2)CC1.CN1CCN(C2CCC(n3nc(I)c4c(N)ncnc43)CC2)CC1.Cc1cnc(N)s1.Cc1cnc(NCc2ccc(-c3nn(C4CCC(N5CCN(C)CC5)CC4)c4ncnc(N)c34)cc2)s1. The standard InChI is InChI=1S/C27H35N9S.C23H29N7O.C16H24IN7.C13H17BO3.C4H6N2S/c1-18-15-29-27(37-18)30-16-19-3-5-20(6-4-19)24-23-25(28)31-17-32-26(23)36(33-24)22-9-7-21(8-10-22)35-13-11-34(2)12-14-35;1-28-10-12-29(13-11-28)18-6-8-19(9-7-18)30-23-20(22(24)25-15-26-23)21(27-30)17-4-2-16(14-31)3-5-17;1-22-6-8-23(9-7-22)11-2-4-12(5-3-11)24-16-13(14(17)21-24)15(18)19-10-20-16;1-12(2)13(3,4)17-14(16-12)11-7-5-10(9-15)6-8-11;1-3-2-6-4(5)7-3/h3-6,15,17,21-22H,7-14,16H2,1-2H3,(H,29,30)(H2,28,31,32);2-5,14-15,18-19H,6-13H2,1H3,(H2,24,25,26);10-12H,2-9H2,1H3,(H2,18,19,20);5-9H,1-4H3;2H,1H3,(H2,5,6). The summed E-state index contributed by atoms with van der Waals surface area (Å²) in [6.45, 7) is 27.0. The number of likely N-dealkylation sites (N-methyl/N-ethyl adjacent to an activating group) is 3. The zero-order chi connectivity index (χ0) is 81.4. The Hall–Kier alpha value is -8.62. The maximum Gasteiger partial charge on any atom is 0.494 e. The van der Waals surface area contributed by atoms with Crippen molar-refractivity contribution in [3.8, 4) is 22.5 Å². The number of aldehydes is 2. The Morgan fingerprint density at radius 1 is 0.457 bits per heavy atom. The van der Waals surface area contributed by atoms with Crippen molar-refractivity contribution in [3.05, 3.63) is 134 Å². The Labute approximate surface area is 701 Å². The predicted octanol–water partition coefficient (Wildman–Crippen LogP) is 11.4. The predicted molar refractivity (Wildman–Crippen MR) is 472 cm³/mol. The molecule has 7 fully saturated rings. The minimum Gasteiger partial charge on any atom is -0.399 e. The number of aromatic nitrogens is 14. The molecule has 8 aromatic heterocycles. The van der Waals surface area contributed by atoms with Crippen LogP contribution in [0.3, 0.4) is 0 Å². The summed E-state index contributed by atoms with van der Waals surface area (Å²) in [6.07, 6.45) is 23.9. The van der Waals surface area contributed by atoms with E-state index in [-0.39, 0.29) is 18.3 Å². The van der Waals surface area contributed by atoms with Crippen molar-refractivity contribution in [2.75, 3.05) is 128 Å². The molecule has 7 aliphatic rings. The van der Waals surface area contributed by atoms with Gasteiger partial charge in [-0.05, 0) is 173 Å². The van der Waals surface area contributed by atoms with Crippen molar-refractivity contribution in [2.24, 2.45) is 0 Å². The second-order valence-electron chi connectivity index (χ2n) is 32.8. The molecule has 18 rings (SSSR count). The summed E-state index contributed by atoms with van der Waals surface area (Å²) in [5.41, 5.74) is 32.8. The number of nitrogens with one attached hydrogen (secondary N) is 1. The number of carbonyl (C=O) groups excluding carboxylic acids is 2. The van der Waals surface area contributed by atoms with Crippen LogP contribution in [0.1, 0.15) is 159 Å². The second-order valence-corrected chi connectivity index (χ2v) is 36.4. The summed E-state index contributed by atoms with van der Waals surface area (Å²) in [5.74, 6) is 1.46. The molecule has 3 saturated carbocycles. The van der Waals surface area contributed by atoms with E-state index in [4.69, 9.17) is 47.5 Å². The Morgan fingerprint density at radius 2 is 0.810 bits per heavy atom. The van der Waals surface area contributed by atoms with E-state index < -0.39 is 0 Å². The van der Waals surface area contributed by atoms with Gasteiger partial charge in [-0.15, -0.1) is 22.7 Å². The van der Waals surface area contributed by atoms with Crippen LogP contribution in [0.25, 0.3) is 55.6 Å². The third-order valence-corrected chi connectivity index (χ3v) is 26.9. The lowest BCUT2D eigenvalue weighted by Crippen LogP contribution is -2.49. The van der Waals surface area contributed by atoms with Gasteiger partial charge in [0.05, 0.1) is 45.5 Å². The largest absolute Gasteiger partial charge is 0.494 e. The molecule has 116 heavy (non-hydrogen) atoms. The van der Waals surface area contributed by atoms with Crippen molar-refractivity contribution in [3.63, 3.8) is 0 Å². The Morgan fingerprint density at radius 3 is 1.17 bits per heavy atom. The summed E-state index contributed by atoms with van der Waals surface area (Å²) in [4.78, 5) is 73.7. The molecule has 614 valence electrons. The van der Waals surface area contributed by atoms with Gasteiger partial charge in [-0.25, -0.2) is 53.9 Å². The number of hydrogen-bond acceptors (Lipinski definition) is 28. The van der Waals surface area contributed by atoms with Crippen LogP contribution in [-0.4, -0.2) is 247 Å². The molecule has 0 radical (unpaired) electrons. The normalized spacial score (nSPS) is 22.3. The number of benzene rings is 3. The number of fused-ring (bicyclic) bond motifs is 3. The highest BCUT2D eigenvalue weighted by Gasteiger charge is 2.52. The van der Waals surface area contributed by atoms with Gasteiger partial charge in [0.25, 0.3) is 0 Å². The minimum atomic E-state index is -0.360. The van der Waals surface area contributed by atoms with Gasteiger partial charge in [0.15, 0.2) is 27.2 Å². The van der Waals surface area contributed by atoms with Crippen LogP contribution in [0.5, 0.6) is 0 Å². The first-order chi connectivity index (χ1) is 56.0. The van der Waals surface area contributed by atoms with E-state index in [1.165, 1.54) is 132 Å². The third kappa shape index (κ3) is 19.7. The number of nitrogen functional groups attached to an aromatic ring is 4. The average molecular weight is 1720 g/mol. The van der Waals surface area contributed by atoms with Crippen LogP contribution in [-0.2, 0) is 15.9 Å². The van der Waals surface area contributed by atoms with Gasteiger partial charge in [0.2, 0.25) is 0 Å². The minimum absolute atomic E-state index is 0.309. The first kappa shape index (κ1) is 83.9. The number of carbonyl (C=O) groups is 2. The summed E-state index contributed by atoms with van der Waals surface area (Å²) >= 11 is 5.41. The zero-order valence-corrected chi connectivity index (χ0v) is 72.1. The van der Waals surface area contributed by atoms with Crippen LogP contribution in [0.15, 0.2) is 104 Å². The molecular formula is C83H111BIN25O4S2. The molecule has 33 heteroatoms. The van der Waals surface area contributed by atoms with E-state index in [1.807, 2.05) is 65.1 Å². The molecule has 3 aliphatic carbocycles. The first-order valence-electron chi connectivity index (χ1n) is 40.8. The second kappa shape index (κ2) is 37.5. The molecule has 4 aliphatic heterocycles. The lowest BCUT2D eigenvalue weighted by molar-refractivity contribution is 0.00578. The zero-order valence-electron chi connectivity index (χ0n) is 68.3. The number of thiazole rings is 2. The number of hydrogen-bond donors (Lipinski definition) is 5. The molecule has 0 bridgehead atoms. The number of halogens is 1. The van der Waals surface area contributed by atoms with E-state index in [0.717, 1.165) is 152 Å². The van der Waals surface area contributed by atoms with Crippen molar-refractivity contribution in [2.45, 2.75) is 173 Å². The number of anilines is 5. The number of rotatable bonds is 14. The first-order valence-corrected chi connectivity index (χ1v) is 43.5. The van der Waals surface area contributed by atoms with Gasteiger partial charge >= 0.3 is 7.12 Å². The van der Waals surface area contributed by atoms with Crippen molar-refractivity contribution in [1.29, 1.82) is 0 Å². The van der Waals surface area contributed by atoms with Crippen LogP contribution < -0.4 is 33.7 Å². The fourth-order valence-electron chi connectivity index (χ4n) is 16.9. The van der Waals surface area contributed by atoms with E-state index >= 15 is 0 Å². The van der Waals surface area contributed by atoms with Crippen LogP contribution in [0.4, 0.5) is 27.7 Å². The average Bonchev–Trinajstić information content (AvgIpc) is 1.62. The van der Waals surface area contributed by atoms with E-state index in [0.29, 0.717) is 63.9 Å². The molecule has 0 spiro atoms. The number of nitrogens with zero attached hydrogens (tertiary/aromatic N) is 20. The van der Waals surface area contributed by atoms with Gasteiger partial charge in [-0.2, -0.15) is 15.3 Å². The van der Waals surface area contributed by atoms with Crippen molar-refractivity contribution >= 4 is 131 Å². The van der Waals surface area contributed by atoms with Crippen molar-refractivity contribution in [1.82, 2.24) is 98.6 Å². The maximum atomic E-state index is 11.0. The summed E-state index contributed by atoms with van der Waals surface area (Å²) in [7, 11) is 6.28. The number of aryl methyl sites for hydroxylation is 2. The lowest BCUT2D eigenvalue weighted by Gasteiger charge is -2.41. The number of piperazine rings is 3. The van der Waals surface area contributed by atoms with Crippen molar-refractivity contribution < 1.29 is 18.9 Å². The van der Waals surface area contributed by atoms with Gasteiger partial charge in [-0.3, -0.25) is 24.3 Å². The summed E-state index contributed by atoms with van der Waals surface area (Å²) < 4.78 is 19.0. The van der Waals surface area contributed by atoms with E-state index in [1.54, 1.807) is 54.5 Å².